The lowest BCUT2D eigenvalue weighted by Gasteiger charge is -2.36. The lowest BCUT2D eigenvalue weighted by Crippen LogP contribution is -2.47. The number of ether oxygens (including phenoxy) is 1. The molecule has 3 aromatic heterocycles. The van der Waals surface area contributed by atoms with E-state index in [1.54, 1.807) is 6.20 Å². The molecule has 0 unspecified atom stereocenters. The number of aliphatic hydroxyl groups excluding tert-OH is 1. The van der Waals surface area contributed by atoms with E-state index in [0.29, 0.717) is 18.7 Å². The Labute approximate surface area is 202 Å². The Balaban J connectivity index is 1.23. The van der Waals surface area contributed by atoms with E-state index in [4.69, 9.17) is 4.74 Å². The minimum Gasteiger partial charge on any atom is -0.388 e. The molecule has 5 rings (SSSR count). The third-order valence-corrected chi connectivity index (χ3v) is 6.69. The highest BCUT2D eigenvalue weighted by molar-refractivity contribution is 5.98. The molecule has 0 aliphatic carbocycles. The van der Waals surface area contributed by atoms with Crippen LogP contribution in [0, 0.1) is 0 Å². The number of carbonyl (C=O) groups excluding carboxylic acids is 1. The molecule has 0 bridgehead atoms. The number of fused-ring (bicyclic) bond motifs is 1. The second kappa shape index (κ2) is 10.1. The Morgan fingerprint density at radius 2 is 2.06 bits per heavy atom. The van der Waals surface area contributed by atoms with Crippen LogP contribution in [0.5, 0.6) is 0 Å². The summed E-state index contributed by atoms with van der Waals surface area (Å²) in [5, 5.41) is 12.8. The maximum atomic E-state index is 12.9. The maximum Gasteiger partial charge on any atom is 0.272 e. The number of nitrogens with zero attached hydrogens (tertiary/aromatic N) is 4. The van der Waals surface area contributed by atoms with E-state index >= 15 is 0 Å². The van der Waals surface area contributed by atoms with Crippen molar-refractivity contribution in [1.82, 2.24) is 25.2 Å². The molecule has 2 atom stereocenters. The van der Waals surface area contributed by atoms with Crippen molar-refractivity contribution in [3.05, 3.63) is 63.8 Å². The van der Waals surface area contributed by atoms with Gasteiger partial charge in [0.25, 0.3) is 11.5 Å². The highest BCUT2D eigenvalue weighted by Gasteiger charge is 2.30. The van der Waals surface area contributed by atoms with Crippen LogP contribution in [0.1, 0.15) is 28.5 Å². The number of aryl methyl sites for hydroxylation is 1. The van der Waals surface area contributed by atoms with Crippen LogP contribution in [0.25, 0.3) is 11.0 Å². The van der Waals surface area contributed by atoms with Gasteiger partial charge in [-0.1, -0.05) is 6.92 Å². The van der Waals surface area contributed by atoms with Gasteiger partial charge in [0, 0.05) is 50.7 Å². The average molecular weight is 479 g/mol. The van der Waals surface area contributed by atoms with Gasteiger partial charge < -0.3 is 25.0 Å². The average Bonchev–Trinajstić information content (AvgIpc) is 3.28. The molecule has 3 aromatic rings. The molecule has 2 saturated heterocycles. The van der Waals surface area contributed by atoms with Crippen molar-refractivity contribution in [3.8, 4) is 0 Å². The van der Waals surface area contributed by atoms with Crippen LogP contribution < -0.4 is 15.8 Å². The molecule has 3 N–H and O–H groups in total. The van der Waals surface area contributed by atoms with E-state index in [1.165, 1.54) is 0 Å². The molecule has 184 valence electrons. The molecule has 5 heterocycles. The zero-order valence-electron chi connectivity index (χ0n) is 19.7. The summed E-state index contributed by atoms with van der Waals surface area (Å²) < 4.78 is 5.23. The molecule has 2 fully saturated rings. The summed E-state index contributed by atoms with van der Waals surface area (Å²) in [7, 11) is 0. The Morgan fingerprint density at radius 1 is 1.23 bits per heavy atom. The van der Waals surface area contributed by atoms with Gasteiger partial charge in [-0.05, 0) is 36.2 Å². The summed E-state index contributed by atoms with van der Waals surface area (Å²) in [5.41, 5.74) is 4.43. The number of nitrogens with one attached hydrogen (secondary N) is 2. The van der Waals surface area contributed by atoms with Crippen LogP contribution in [-0.2, 0) is 17.7 Å². The number of H-pyrrole nitrogens is 1. The molecule has 0 aromatic carbocycles. The van der Waals surface area contributed by atoms with Crippen LogP contribution in [0.15, 0.2) is 41.5 Å². The lowest BCUT2D eigenvalue weighted by molar-refractivity contribution is 0.0882. The van der Waals surface area contributed by atoms with E-state index in [0.717, 1.165) is 60.6 Å². The summed E-state index contributed by atoms with van der Waals surface area (Å²) in [5.74, 6) is -0.306. The molecule has 35 heavy (non-hydrogen) atoms. The molecule has 2 aliphatic heterocycles. The molecule has 1 amide bonds. The topological polar surface area (TPSA) is 124 Å². The summed E-state index contributed by atoms with van der Waals surface area (Å²) in [6, 6.07) is 7.18. The van der Waals surface area contributed by atoms with E-state index in [-0.39, 0.29) is 18.1 Å². The smallest absolute Gasteiger partial charge is 0.272 e. The number of rotatable bonds is 6. The highest BCUT2D eigenvalue weighted by atomic mass is 16.5. The van der Waals surface area contributed by atoms with Crippen LogP contribution in [0.3, 0.4) is 0 Å². The Bertz CT molecular complexity index is 1270. The van der Waals surface area contributed by atoms with Gasteiger partial charge in [0.05, 0.1) is 42.1 Å². The fourth-order valence-corrected chi connectivity index (χ4v) is 4.67. The maximum absolute atomic E-state index is 12.9. The number of aromatic nitrogens is 3. The van der Waals surface area contributed by atoms with Gasteiger partial charge in [-0.2, -0.15) is 0 Å². The van der Waals surface area contributed by atoms with Crippen molar-refractivity contribution in [1.29, 1.82) is 0 Å². The zero-order chi connectivity index (χ0) is 24.4. The molecule has 10 heteroatoms. The van der Waals surface area contributed by atoms with Crippen LogP contribution in [0.2, 0.25) is 0 Å². The molecule has 0 radical (unpaired) electrons. The van der Waals surface area contributed by atoms with Crippen LogP contribution in [-0.4, -0.2) is 82.4 Å². The first kappa shape index (κ1) is 23.4. The van der Waals surface area contributed by atoms with Crippen molar-refractivity contribution in [2.75, 3.05) is 44.3 Å². The summed E-state index contributed by atoms with van der Waals surface area (Å²) in [6.45, 7) is 6.34. The van der Waals surface area contributed by atoms with Crippen molar-refractivity contribution < 1.29 is 14.6 Å². The minimum absolute atomic E-state index is 0.0566. The predicted molar refractivity (Wildman–Crippen MR) is 132 cm³/mol. The van der Waals surface area contributed by atoms with Gasteiger partial charge in [0.2, 0.25) is 0 Å². The first-order valence-electron chi connectivity index (χ1n) is 12.0. The van der Waals surface area contributed by atoms with Gasteiger partial charge in [0.15, 0.2) is 5.69 Å². The van der Waals surface area contributed by atoms with E-state index in [1.807, 2.05) is 37.4 Å². The van der Waals surface area contributed by atoms with E-state index in [9.17, 15) is 14.7 Å². The van der Waals surface area contributed by atoms with Crippen molar-refractivity contribution in [2.45, 2.75) is 32.0 Å². The summed E-state index contributed by atoms with van der Waals surface area (Å²) >= 11 is 0. The number of carbonyl (C=O) groups is 1. The molecule has 0 spiro atoms. The van der Waals surface area contributed by atoms with Crippen LogP contribution >= 0.6 is 0 Å². The van der Waals surface area contributed by atoms with E-state index in [2.05, 4.69) is 30.1 Å². The standard InChI is InChI=1S/C25H30N6O4/c1-2-17-11-18-19(28-24(17)33)10-16(12-27-18)13-30-6-8-31(9-7-30)21-4-3-5-26-23(21)25(34)29-20-14-35-15-22(20)32/h3-5,10-12,20,22,32H,2,6-9,13-15H2,1H3,(H,28,33)(H,29,34)/t20-,22-/m0/s1. The number of hydrogen-bond donors (Lipinski definition) is 3. The van der Waals surface area contributed by atoms with E-state index < -0.39 is 12.1 Å². The predicted octanol–water partition coefficient (Wildman–Crippen LogP) is 0.692. The number of aromatic amines is 1. The number of anilines is 1. The number of amides is 1. The number of pyridine rings is 3. The Morgan fingerprint density at radius 3 is 2.80 bits per heavy atom. The molecule has 10 nitrogen and oxygen atoms in total. The zero-order valence-corrected chi connectivity index (χ0v) is 19.7. The molecule has 2 aliphatic rings. The molecule has 0 saturated carbocycles. The quantitative estimate of drug-likeness (QED) is 0.473. The second-order valence-electron chi connectivity index (χ2n) is 9.07. The third-order valence-electron chi connectivity index (χ3n) is 6.69. The van der Waals surface area contributed by atoms with Gasteiger partial charge >= 0.3 is 0 Å². The van der Waals surface area contributed by atoms with Crippen molar-refractivity contribution in [2.24, 2.45) is 0 Å². The summed E-state index contributed by atoms with van der Waals surface area (Å²) in [6.07, 6.45) is 3.45. The Hall–Kier alpha value is -3.34. The number of hydrogen-bond acceptors (Lipinski definition) is 8. The van der Waals surface area contributed by atoms with Gasteiger partial charge in [-0.3, -0.25) is 19.5 Å². The summed E-state index contributed by atoms with van der Waals surface area (Å²) in [4.78, 5) is 41.4. The fraction of sp³-hybridized carbons (Fsp3) is 0.440. The first-order valence-corrected chi connectivity index (χ1v) is 12.0. The monoisotopic (exact) mass is 478 g/mol. The minimum atomic E-state index is -0.703. The van der Waals surface area contributed by atoms with Gasteiger partial charge in [-0.25, -0.2) is 4.98 Å². The Kier molecular flexibility index (Phi) is 6.76. The fourth-order valence-electron chi connectivity index (χ4n) is 4.67. The van der Waals surface area contributed by atoms with Crippen LogP contribution in [0.4, 0.5) is 5.69 Å². The first-order chi connectivity index (χ1) is 17.0. The second-order valence-corrected chi connectivity index (χ2v) is 9.07. The largest absolute Gasteiger partial charge is 0.388 e. The SMILES string of the molecule is CCc1cc2ncc(CN3CCN(c4cccnc4C(=O)N[C@H]4COC[C@@H]4O)CC3)cc2[nH]c1=O. The van der Waals surface area contributed by atoms with Crippen molar-refractivity contribution in [3.63, 3.8) is 0 Å². The number of piperazine rings is 1. The number of aliphatic hydroxyl groups is 1. The molecular formula is C25H30N6O4. The molecular weight excluding hydrogens is 448 g/mol. The highest BCUT2D eigenvalue weighted by Crippen LogP contribution is 2.22. The van der Waals surface area contributed by atoms with Crippen molar-refractivity contribution >= 4 is 22.6 Å². The normalized spacial score (nSPS) is 20.9. The van der Waals surface area contributed by atoms with Gasteiger partial charge in [-0.15, -0.1) is 0 Å². The van der Waals surface area contributed by atoms with Gasteiger partial charge in [0.1, 0.15) is 0 Å². The third kappa shape index (κ3) is 5.04. The lowest BCUT2D eigenvalue weighted by atomic mass is 10.1.